The fourth-order valence-electron chi connectivity index (χ4n) is 1.80. The van der Waals surface area contributed by atoms with E-state index in [0.29, 0.717) is 15.2 Å². The van der Waals surface area contributed by atoms with Crippen LogP contribution in [0.15, 0.2) is 0 Å². The predicted octanol–water partition coefficient (Wildman–Crippen LogP) is 7.60. The highest BCUT2D eigenvalue weighted by Crippen LogP contribution is 2.26. The maximum atomic E-state index is 11.0. The zero-order valence-corrected chi connectivity index (χ0v) is 21.3. The van der Waals surface area contributed by atoms with Crippen LogP contribution in [-0.2, 0) is 20.6 Å². The highest BCUT2D eigenvalue weighted by atomic mass is 32.2. The largest absolute Gasteiger partial charge is 0.259 e. The van der Waals surface area contributed by atoms with Gasteiger partial charge in [0, 0.05) is 26.0 Å². The molecule has 0 saturated carbocycles. The number of rotatable bonds is 5. The van der Waals surface area contributed by atoms with Crippen LogP contribution in [0.3, 0.4) is 0 Å². The normalized spacial score (nSPS) is 11.2. The molecule has 0 atom stereocenters. The summed E-state index contributed by atoms with van der Waals surface area (Å²) < 4.78 is 33.5. The quantitative estimate of drug-likeness (QED) is 0.420. The minimum absolute atomic E-state index is 0. The number of hydrogen-bond donors (Lipinski definition) is 0. The molecule has 180 valence electrons. The molecule has 0 N–H and O–H groups in total. The molecule has 0 aromatic heterocycles. The average Bonchev–Trinajstić information content (AvgIpc) is 2.35. The molecule has 0 aliphatic heterocycles. The van der Waals surface area contributed by atoms with Crippen molar-refractivity contribution in [3.63, 3.8) is 0 Å². The summed E-state index contributed by atoms with van der Waals surface area (Å²) in [5, 5.41) is 0.912. The Morgan fingerprint density at radius 2 is 0.929 bits per heavy atom. The molecule has 0 saturated heterocycles. The van der Waals surface area contributed by atoms with Crippen LogP contribution in [0.2, 0.25) is 0 Å². The second-order valence-corrected chi connectivity index (χ2v) is 16.4. The maximum Gasteiger partial charge on any atom is 0.154 e. The van der Waals surface area contributed by atoms with Crippen molar-refractivity contribution in [3.05, 3.63) is 0 Å². The van der Waals surface area contributed by atoms with E-state index in [1.54, 1.807) is 27.7 Å². The molecule has 0 spiro atoms. The Labute approximate surface area is 188 Å². The van der Waals surface area contributed by atoms with E-state index in [2.05, 4.69) is 34.6 Å². The lowest BCUT2D eigenvalue weighted by atomic mass is 10.3. The fourth-order valence-corrected chi connectivity index (χ4v) is 5.39. The zero-order valence-electron chi connectivity index (χ0n) is 18.8. The Morgan fingerprint density at radius 1 is 0.679 bits per heavy atom. The number of thioether (sulfide) groups is 1. The first-order chi connectivity index (χ1) is 10.9. The Balaban J connectivity index is -0.0000000617. The van der Waals surface area contributed by atoms with Gasteiger partial charge in [0.25, 0.3) is 0 Å². The minimum atomic E-state index is -2.81. The summed E-state index contributed by atoms with van der Waals surface area (Å²) in [5.41, 5.74) is 0. The third-order valence-electron chi connectivity index (χ3n) is 2.83. The molecule has 0 aliphatic carbocycles. The standard InChI is InChI=1S/C7H16S.C6H14O2S.C6H14OS.3CH4/c1-6(2)8-7(3,4)5;1-5(2)9(7,8)6(3)4;1-5(2)8(7)6(3)4;;;/h6H,1-5H3;5-6H,1-4H3;5-6H,1-4H3;3*1H4. The van der Waals surface area contributed by atoms with Crippen molar-refractivity contribution < 1.29 is 12.6 Å². The third-order valence-corrected chi connectivity index (χ3v) is 8.50. The van der Waals surface area contributed by atoms with E-state index >= 15 is 0 Å². The second kappa shape index (κ2) is 19.4. The van der Waals surface area contributed by atoms with Gasteiger partial charge in [-0.3, -0.25) is 4.21 Å². The van der Waals surface area contributed by atoms with Crippen molar-refractivity contribution in [1.82, 2.24) is 0 Å². The average molecular weight is 465 g/mol. The van der Waals surface area contributed by atoms with Gasteiger partial charge >= 0.3 is 0 Å². The van der Waals surface area contributed by atoms with Crippen LogP contribution in [0.25, 0.3) is 0 Å². The molecule has 28 heavy (non-hydrogen) atoms. The van der Waals surface area contributed by atoms with Gasteiger partial charge in [-0.2, -0.15) is 11.8 Å². The van der Waals surface area contributed by atoms with Crippen LogP contribution in [0.1, 0.15) is 112 Å². The molecule has 0 bridgehead atoms. The van der Waals surface area contributed by atoms with E-state index in [1.165, 1.54) is 0 Å². The third kappa shape index (κ3) is 26.4. The molecule has 3 nitrogen and oxygen atoms in total. The molecule has 6 heteroatoms. The van der Waals surface area contributed by atoms with Crippen molar-refractivity contribution in [2.75, 3.05) is 0 Å². The van der Waals surface area contributed by atoms with Gasteiger partial charge in [0.05, 0.1) is 10.5 Å². The van der Waals surface area contributed by atoms with Crippen molar-refractivity contribution in [3.8, 4) is 0 Å². The maximum absolute atomic E-state index is 11.0. The van der Waals surface area contributed by atoms with Crippen LogP contribution in [0, 0.1) is 0 Å². The molecule has 0 rings (SSSR count). The lowest BCUT2D eigenvalue weighted by Gasteiger charge is -2.19. The Bertz CT molecular complexity index is 420. The van der Waals surface area contributed by atoms with Gasteiger partial charge in [0.2, 0.25) is 0 Å². The van der Waals surface area contributed by atoms with E-state index in [1.807, 2.05) is 39.5 Å². The van der Waals surface area contributed by atoms with Crippen LogP contribution < -0.4 is 0 Å². The summed E-state index contributed by atoms with van der Waals surface area (Å²) in [4.78, 5) is 0. The smallest absolute Gasteiger partial charge is 0.154 e. The molecule has 0 aromatic rings. The SMILES string of the molecule is C.C.C.CC(C)S(=O)(=O)C(C)C.CC(C)S(=O)C(C)C.CC(C)SC(C)(C)C. The van der Waals surface area contributed by atoms with E-state index in [0.717, 1.165) is 5.25 Å². The second-order valence-electron chi connectivity index (χ2n) is 8.39. The van der Waals surface area contributed by atoms with Gasteiger partial charge in [0.1, 0.15) is 0 Å². The van der Waals surface area contributed by atoms with Gasteiger partial charge < -0.3 is 0 Å². The molecule has 0 radical (unpaired) electrons. The molecular weight excluding hydrogens is 408 g/mol. The number of sulfone groups is 1. The first-order valence-electron chi connectivity index (χ1n) is 9.16. The molecule has 0 fully saturated rings. The molecule has 0 aliphatic rings. The van der Waals surface area contributed by atoms with E-state index < -0.39 is 20.6 Å². The van der Waals surface area contributed by atoms with Gasteiger partial charge in [-0.05, 0) is 32.9 Å². The number of hydrogen-bond acceptors (Lipinski definition) is 4. The first kappa shape index (κ1) is 42.5. The predicted molar refractivity (Wildman–Crippen MR) is 140 cm³/mol. The van der Waals surface area contributed by atoms with Gasteiger partial charge in [-0.25, -0.2) is 8.42 Å². The van der Waals surface area contributed by atoms with Crippen LogP contribution in [0.5, 0.6) is 0 Å². The lowest BCUT2D eigenvalue weighted by Crippen LogP contribution is -2.23. The summed E-state index contributed by atoms with van der Waals surface area (Å²) >= 11 is 2.01. The lowest BCUT2D eigenvalue weighted by molar-refractivity contribution is 0.578. The Hall–Kier alpha value is 0.450. The van der Waals surface area contributed by atoms with Crippen molar-refractivity contribution >= 4 is 32.4 Å². The fraction of sp³-hybridized carbons (Fsp3) is 1.00. The minimum Gasteiger partial charge on any atom is -0.259 e. The Morgan fingerprint density at radius 3 is 0.929 bits per heavy atom. The molecule has 0 aromatic carbocycles. The molecule has 0 heterocycles. The van der Waals surface area contributed by atoms with Crippen LogP contribution in [0.4, 0.5) is 0 Å². The van der Waals surface area contributed by atoms with Gasteiger partial charge in [0.15, 0.2) is 9.84 Å². The van der Waals surface area contributed by atoms with Gasteiger partial charge in [-0.1, -0.05) is 84.6 Å². The van der Waals surface area contributed by atoms with Crippen LogP contribution >= 0.6 is 11.8 Å². The van der Waals surface area contributed by atoms with Gasteiger partial charge in [-0.15, -0.1) is 0 Å². The summed E-state index contributed by atoms with van der Waals surface area (Å²) in [6.45, 7) is 26.0. The summed E-state index contributed by atoms with van der Waals surface area (Å²) in [5.74, 6) is 0. The summed E-state index contributed by atoms with van der Waals surface area (Å²) in [7, 11) is -3.44. The van der Waals surface area contributed by atoms with Crippen molar-refractivity contribution in [2.24, 2.45) is 0 Å². The summed E-state index contributed by atoms with van der Waals surface area (Å²) in [6, 6.07) is 0. The highest BCUT2D eigenvalue weighted by molar-refractivity contribution is 8.01. The first-order valence-corrected chi connectivity index (χ1v) is 12.9. The summed E-state index contributed by atoms with van der Waals surface area (Å²) in [6.07, 6.45) is 0. The monoisotopic (exact) mass is 464 g/mol. The van der Waals surface area contributed by atoms with E-state index in [9.17, 15) is 12.6 Å². The van der Waals surface area contributed by atoms with Crippen molar-refractivity contribution in [2.45, 2.75) is 143 Å². The molecule has 0 amide bonds. The highest BCUT2D eigenvalue weighted by Gasteiger charge is 2.19. The topological polar surface area (TPSA) is 51.2 Å². The molecular formula is C22H56O3S3. The zero-order chi connectivity index (χ0) is 21.2. The van der Waals surface area contributed by atoms with E-state index in [-0.39, 0.29) is 32.8 Å². The Kier molecular flexibility index (Phi) is 29.5. The molecule has 0 unspecified atom stereocenters. The van der Waals surface area contributed by atoms with Crippen molar-refractivity contribution in [1.29, 1.82) is 0 Å². The van der Waals surface area contributed by atoms with E-state index in [4.69, 9.17) is 0 Å². The van der Waals surface area contributed by atoms with Crippen LogP contribution in [-0.4, -0.2) is 43.6 Å².